The third-order valence-corrected chi connectivity index (χ3v) is 5.41. The Hall–Kier alpha value is -2.22. The van der Waals surface area contributed by atoms with Gasteiger partial charge in [-0.15, -0.1) is 0 Å². The lowest BCUT2D eigenvalue weighted by Crippen LogP contribution is -2.24. The molecule has 0 aliphatic carbocycles. The van der Waals surface area contributed by atoms with Crippen molar-refractivity contribution in [3.8, 4) is 0 Å². The van der Waals surface area contributed by atoms with Crippen LogP contribution in [0.15, 0.2) is 20.5 Å². The van der Waals surface area contributed by atoms with E-state index in [4.69, 9.17) is 0 Å². The number of fused-ring (bicyclic) bond motifs is 1. The van der Waals surface area contributed by atoms with Gasteiger partial charge in [-0.2, -0.15) is 5.10 Å². The number of hydrogen-bond donors (Lipinski definition) is 1. The van der Waals surface area contributed by atoms with E-state index in [1.165, 1.54) is 18.1 Å². The minimum Gasteiger partial charge on any atom is -0.347 e. The van der Waals surface area contributed by atoms with Crippen molar-refractivity contribution >= 4 is 35.0 Å². The number of carbonyl (C=O) groups excluding carboxylic acids is 2. The molecule has 3 rings (SSSR count). The van der Waals surface area contributed by atoms with E-state index in [1.54, 1.807) is 11.6 Å². The molecule has 1 unspecified atom stereocenters. The molecule has 0 saturated carbocycles. The van der Waals surface area contributed by atoms with Crippen molar-refractivity contribution < 1.29 is 9.59 Å². The fourth-order valence-corrected chi connectivity index (χ4v) is 3.87. The van der Waals surface area contributed by atoms with Crippen molar-refractivity contribution in [2.45, 2.75) is 27.3 Å². The summed E-state index contributed by atoms with van der Waals surface area (Å²) < 4.78 is 1.80. The van der Waals surface area contributed by atoms with Crippen molar-refractivity contribution in [1.82, 2.24) is 15.1 Å². The second kappa shape index (κ2) is 5.77. The zero-order valence-corrected chi connectivity index (χ0v) is 14.2. The molecule has 2 amide bonds. The summed E-state index contributed by atoms with van der Waals surface area (Å²) in [5, 5.41) is 7.88. The van der Waals surface area contributed by atoms with Crippen molar-refractivity contribution in [1.29, 1.82) is 0 Å². The third kappa shape index (κ3) is 2.63. The van der Waals surface area contributed by atoms with Crippen LogP contribution in [-0.4, -0.2) is 33.0 Å². The Morgan fingerprint density at radius 1 is 1.39 bits per heavy atom. The smallest absolute Gasteiger partial charge is 0.261 e. The monoisotopic (exact) mass is 331 g/mol. The molecule has 2 aliphatic heterocycles. The molecule has 1 N–H and O–H groups in total. The molecule has 3 heterocycles. The molecule has 7 nitrogen and oxygen atoms in total. The van der Waals surface area contributed by atoms with Crippen LogP contribution in [0.4, 0.5) is 0 Å². The molecule has 0 fully saturated rings. The van der Waals surface area contributed by atoms with Gasteiger partial charge in [-0.1, -0.05) is 11.8 Å². The molecule has 120 valence electrons. The van der Waals surface area contributed by atoms with Crippen LogP contribution >= 0.6 is 11.8 Å². The number of amides is 2. The number of hydrogen-bond acceptors (Lipinski definition) is 5. The largest absolute Gasteiger partial charge is 0.347 e. The summed E-state index contributed by atoms with van der Waals surface area (Å²) in [6.45, 7) is 6.08. The molecule has 0 saturated heterocycles. The minimum atomic E-state index is -0.493. The van der Waals surface area contributed by atoms with Gasteiger partial charge in [0, 0.05) is 24.8 Å². The summed E-state index contributed by atoms with van der Waals surface area (Å²) in [4.78, 5) is 32.7. The van der Waals surface area contributed by atoms with Gasteiger partial charge in [-0.25, -0.2) is 9.98 Å². The van der Waals surface area contributed by atoms with E-state index >= 15 is 0 Å². The van der Waals surface area contributed by atoms with Crippen LogP contribution in [0.2, 0.25) is 0 Å². The van der Waals surface area contributed by atoms with Gasteiger partial charge >= 0.3 is 0 Å². The molecular weight excluding hydrogens is 314 g/mol. The second-order valence-electron chi connectivity index (χ2n) is 5.55. The van der Waals surface area contributed by atoms with Crippen molar-refractivity contribution in [3.05, 3.63) is 27.4 Å². The molecule has 2 aliphatic rings. The Morgan fingerprint density at radius 2 is 2.13 bits per heavy atom. The number of nitrogens with one attached hydrogen (secondary N) is 1. The topological polar surface area (TPSA) is 88.7 Å². The van der Waals surface area contributed by atoms with Gasteiger partial charge in [0.15, 0.2) is 0 Å². The van der Waals surface area contributed by atoms with Crippen LogP contribution in [0.3, 0.4) is 0 Å². The second-order valence-corrected chi connectivity index (χ2v) is 6.58. The average Bonchev–Trinajstić information content (AvgIpc) is 2.96. The summed E-state index contributed by atoms with van der Waals surface area (Å²) in [5.41, 5.74) is 3.65. The van der Waals surface area contributed by atoms with Crippen molar-refractivity contribution in [3.63, 3.8) is 0 Å². The molecule has 0 aromatic carbocycles. The summed E-state index contributed by atoms with van der Waals surface area (Å²) in [6.07, 6.45) is 1.25. The fourth-order valence-electron chi connectivity index (χ4n) is 2.72. The molecule has 1 atom stereocenters. The summed E-state index contributed by atoms with van der Waals surface area (Å²) in [6, 6.07) is 0. The van der Waals surface area contributed by atoms with E-state index in [0.717, 1.165) is 17.0 Å². The van der Waals surface area contributed by atoms with Gasteiger partial charge in [0.1, 0.15) is 12.3 Å². The summed E-state index contributed by atoms with van der Waals surface area (Å²) in [7, 11) is 1.88. The molecule has 1 aromatic heterocycles. The van der Waals surface area contributed by atoms with Crippen LogP contribution in [-0.2, 0) is 23.2 Å². The molecule has 8 heteroatoms. The van der Waals surface area contributed by atoms with Gasteiger partial charge in [0.05, 0.1) is 15.6 Å². The Balaban J connectivity index is 1.76. The van der Waals surface area contributed by atoms with Crippen LogP contribution in [0.1, 0.15) is 23.9 Å². The maximum Gasteiger partial charge on any atom is 0.261 e. The van der Waals surface area contributed by atoms with Gasteiger partial charge < -0.3 is 5.32 Å². The van der Waals surface area contributed by atoms with E-state index < -0.39 is 5.92 Å². The quantitative estimate of drug-likeness (QED) is 0.903. The number of thioether (sulfide) groups is 1. The number of aromatic nitrogens is 2. The fraction of sp³-hybridized carbons (Fsp3) is 0.400. The Kier molecular flexibility index (Phi) is 3.93. The molecule has 23 heavy (non-hydrogen) atoms. The molecule has 0 spiro atoms. The Labute approximate surface area is 138 Å². The van der Waals surface area contributed by atoms with Crippen LogP contribution in [0.25, 0.3) is 0 Å². The van der Waals surface area contributed by atoms with Crippen LogP contribution in [0.5, 0.6) is 0 Å². The Morgan fingerprint density at radius 3 is 2.74 bits per heavy atom. The van der Waals surface area contributed by atoms with E-state index in [2.05, 4.69) is 20.4 Å². The summed E-state index contributed by atoms with van der Waals surface area (Å²) in [5.74, 6) is -0.950. The van der Waals surface area contributed by atoms with Crippen LogP contribution < -0.4 is 5.32 Å². The average molecular weight is 331 g/mol. The zero-order valence-electron chi connectivity index (χ0n) is 13.4. The SMILES string of the molecule is CC1=C(C(=O)NCc2c(C)nn(C)c2C)SC2=NC=NC(=O)C21. The number of rotatable bonds is 3. The highest BCUT2D eigenvalue weighted by atomic mass is 32.2. The number of nitrogens with zero attached hydrogens (tertiary/aromatic N) is 4. The highest BCUT2D eigenvalue weighted by molar-refractivity contribution is 8.18. The van der Waals surface area contributed by atoms with Gasteiger partial charge in [0.2, 0.25) is 0 Å². The number of carbonyl (C=O) groups is 2. The first kappa shape index (κ1) is 15.7. The normalized spacial score (nSPS) is 19.9. The first-order chi connectivity index (χ1) is 10.9. The number of aryl methyl sites for hydroxylation is 2. The van der Waals surface area contributed by atoms with Crippen molar-refractivity contribution in [2.75, 3.05) is 0 Å². The highest BCUT2D eigenvalue weighted by Crippen LogP contribution is 2.39. The van der Waals surface area contributed by atoms with Crippen molar-refractivity contribution in [2.24, 2.45) is 23.0 Å². The van der Waals surface area contributed by atoms with Gasteiger partial charge in [-0.05, 0) is 26.3 Å². The maximum absolute atomic E-state index is 12.5. The number of aliphatic imine (C=N–C) groups is 2. The predicted octanol–water partition coefficient (Wildman–Crippen LogP) is 1.26. The lowest BCUT2D eigenvalue weighted by Gasteiger charge is -2.09. The van der Waals surface area contributed by atoms with Gasteiger partial charge in [0.25, 0.3) is 11.8 Å². The highest BCUT2D eigenvalue weighted by Gasteiger charge is 2.38. The minimum absolute atomic E-state index is 0.194. The zero-order chi connectivity index (χ0) is 16.7. The van der Waals surface area contributed by atoms with Gasteiger partial charge in [-0.3, -0.25) is 14.3 Å². The molecular formula is C15H17N5O2S. The molecule has 1 aromatic rings. The predicted molar refractivity (Wildman–Crippen MR) is 89.2 cm³/mol. The lowest BCUT2D eigenvalue weighted by atomic mass is 10.00. The van der Waals surface area contributed by atoms with E-state index in [-0.39, 0.29) is 11.8 Å². The lowest BCUT2D eigenvalue weighted by molar-refractivity contribution is -0.118. The van der Waals surface area contributed by atoms with E-state index in [1.807, 2.05) is 20.9 Å². The maximum atomic E-state index is 12.5. The Bertz CT molecular complexity index is 803. The standard InChI is InChI=1S/C15H17N5O2S/c1-7-11-13(21)17-6-18-15(11)23-12(7)14(22)16-5-10-8(2)19-20(4)9(10)3/h6,11H,5H2,1-4H3,(H,16,22). The third-order valence-electron chi connectivity index (χ3n) is 4.15. The summed E-state index contributed by atoms with van der Waals surface area (Å²) >= 11 is 1.25. The molecule has 0 radical (unpaired) electrons. The van der Waals surface area contributed by atoms with E-state index in [9.17, 15) is 9.59 Å². The molecule has 0 bridgehead atoms. The van der Waals surface area contributed by atoms with Crippen LogP contribution in [0, 0.1) is 19.8 Å². The van der Waals surface area contributed by atoms with E-state index in [0.29, 0.717) is 22.1 Å². The first-order valence-electron chi connectivity index (χ1n) is 7.20. The first-order valence-corrected chi connectivity index (χ1v) is 8.01.